The van der Waals surface area contributed by atoms with Crippen LogP contribution in [-0.2, 0) is 16.6 Å². The topological polar surface area (TPSA) is 77.3 Å². The van der Waals surface area contributed by atoms with E-state index in [1.165, 1.54) is 18.3 Å². The van der Waals surface area contributed by atoms with Crippen LogP contribution in [0.25, 0.3) is 0 Å². The van der Waals surface area contributed by atoms with E-state index in [4.69, 9.17) is 4.74 Å². The second-order valence-electron chi connectivity index (χ2n) is 3.97. The minimum absolute atomic E-state index is 0.195. The molecule has 1 saturated heterocycles. The Labute approximate surface area is 108 Å². The molecule has 98 valence electrons. The van der Waals surface area contributed by atoms with Crippen LogP contribution in [-0.4, -0.2) is 50.6 Å². The van der Waals surface area contributed by atoms with Gasteiger partial charge in [-0.2, -0.15) is 0 Å². The van der Waals surface area contributed by atoms with Crippen molar-refractivity contribution in [2.75, 3.05) is 13.7 Å². The van der Waals surface area contributed by atoms with Gasteiger partial charge in [0.15, 0.2) is 5.16 Å². The van der Waals surface area contributed by atoms with Gasteiger partial charge >= 0.3 is 5.97 Å². The number of hydrogen-bond acceptors (Lipinski definition) is 6. The maximum Gasteiger partial charge on any atom is 0.328 e. The lowest BCUT2D eigenvalue weighted by Gasteiger charge is -2.21. The number of esters is 1. The lowest BCUT2D eigenvalue weighted by molar-refractivity contribution is -0.144. The first-order valence-corrected chi connectivity index (χ1v) is 6.35. The van der Waals surface area contributed by atoms with E-state index < -0.39 is 6.04 Å². The number of rotatable bonds is 2. The second-order valence-corrected chi connectivity index (χ2v) is 4.89. The average molecular weight is 270 g/mol. The molecule has 1 unspecified atom stereocenters. The molecule has 1 aromatic rings. The monoisotopic (exact) mass is 270 g/mol. The normalized spacial score (nSPS) is 19.0. The molecule has 0 N–H and O–H groups in total. The zero-order valence-electron chi connectivity index (χ0n) is 10.2. The predicted octanol–water partition coefficient (Wildman–Crippen LogP) is 0.665. The van der Waals surface area contributed by atoms with E-state index in [-0.39, 0.29) is 11.2 Å². The van der Waals surface area contributed by atoms with Crippen molar-refractivity contribution in [3.05, 3.63) is 6.33 Å². The highest BCUT2D eigenvalue weighted by atomic mass is 32.2. The van der Waals surface area contributed by atoms with E-state index >= 15 is 0 Å². The number of amides is 1. The smallest absolute Gasteiger partial charge is 0.328 e. The highest BCUT2D eigenvalue weighted by Gasteiger charge is 2.35. The van der Waals surface area contributed by atoms with Crippen LogP contribution in [0.4, 0.5) is 4.79 Å². The maximum absolute atomic E-state index is 12.1. The molecule has 8 heteroatoms. The minimum Gasteiger partial charge on any atom is -0.467 e. The van der Waals surface area contributed by atoms with Crippen molar-refractivity contribution >= 4 is 23.0 Å². The number of ether oxygens (including phenoxy) is 1. The molecule has 1 aromatic heterocycles. The highest BCUT2D eigenvalue weighted by Crippen LogP contribution is 2.26. The molecule has 0 aromatic carbocycles. The van der Waals surface area contributed by atoms with Crippen molar-refractivity contribution in [2.24, 2.45) is 7.05 Å². The third kappa shape index (κ3) is 2.47. The van der Waals surface area contributed by atoms with Crippen LogP contribution in [0.15, 0.2) is 11.5 Å². The van der Waals surface area contributed by atoms with E-state index in [9.17, 15) is 9.59 Å². The summed E-state index contributed by atoms with van der Waals surface area (Å²) in [6, 6.07) is -0.469. The van der Waals surface area contributed by atoms with Crippen molar-refractivity contribution in [3.8, 4) is 0 Å². The number of methoxy groups -OCH3 is 1. The fourth-order valence-corrected chi connectivity index (χ4v) is 2.64. The fraction of sp³-hybridized carbons (Fsp3) is 0.600. The second kappa shape index (κ2) is 5.38. The third-order valence-corrected chi connectivity index (χ3v) is 3.77. The van der Waals surface area contributed by atoms with Crippen LogP contribution in [0.5, 0.6) is 0 Å². The quantitative estimate of drug-likeness (QED) is 0.580. The molecule has 0 saturated carbocycles. The Hall–Kier alpha value is -1.57. The van der Waals surface area contributed by atoms with Crippen molar-refractivity contribution < 1.29 is 14.3 Å². The summed E-state index contributed by atoms with van der Waals surface area (Å²) in [6.45, 7) is 0.573. The van der Waals surface area contributed by atoms with E-state index in [1.54, 1.807) is 11.6 Å². The molecular weight excluding hydrogens is 256 g/mol. The Morgan fingerprint density at radius 1 is 1.56 bits per heavy atom. The van der Waals surface area contributed by atoms with Gasteiger partial charge in [0.1, 0.15) is 12.4 Å². The van der Waals surface area contributed by atoms with E-state index in [1.807, 2.05) is 0 Å². The van der Waals surface area contributed by atoms with Gasteiger partial charge in [-0.05, 0) is 12.8 Å². The van der Waals surface area contributed by atoms with E-state index in [0.717, 1.165) is 18.2 Å². The van der Waals surface area contributed by atoms with Gasteiger partial charge in [-0.1, -0.05) is 0 Å². The molecule has 7 nitrogen and oxygen atoms in total. The minimum atomic E-state index is -0.469. The Kier molecular flexibility index (Phi) is 3.85. The molecular formula is C10H14N4O3S. The SMILES string of the molecule is COC(=O)C1CCCN1C(=O)Sc1nncn1C. The summed E-state index contributed by atoms with van der Waals surface area (Å²) in [5, 5.41) is 7.85. The summed E-state index contributed by atoms with van der Waals surface area (Å²) >= 11 is 0.974. The lowest BCUT2D eigenvalue weighted by Crippen LogP contribution is -2.39. The van der Waals surface area contributed by atoms with Crippen LogP contribution in [0.3, 0.4) is 0 Å². The number of carbonyl (C=O) groups is 2. The van der Waals surface area contributed by atoms with Gasteiger partial charge in [-0.15, -0.1) is 10.2 Å². The third-order valence-electron chi connectivity index (χ3n) is 2.81. The molecule has 0 aliphatic carbocycles. The largest absolute Gasteiger partial charge is 0.467 e. The zero-order chi connectivity index (χ0) is 13.1. The molecule has 0 bridgehead atoms. The van der Waals surface area contributed by atoms with E-state index in [0.29, 0.717) is 18.1 Å². The predicted molar refractivity (Wildman–Crippen MR) is 64.0 cm³/mol. The highest BCUT2D eigenvalue weighted by molar-refractivity contribution is 8.13. The molecule has 1 amide bonds. The summed E-state index contributed by atoms with van der Waals surface area (Å²) in [7, 11) is 3.09. The first kappa shape index (κ1) is 12.9. The first-order chi connectivity index (χ1) is 8.63. The van der Waals surface area contributed by atoms with Gasteiger partial charge in [-0.3, -0.25) is 4.79 Å². The molecule has 0 radical (unpaired) electrons. The molecule has 2 rings (SSSR count). The van der Waals surface area contributed by atoms with Crippen molar-refractivity contribution in [3.63, 3.8) is 0 Å². The number of nitrogens with zero attached hydrogens (tertiary/aromatic N) is 4. The molecule has 18 heavy (non-hydrogen) atoms. The molecule has 1 fully saturated rings. The number of thioether (sulfide) groups is 1. The molecule has 2 heterocycles. The van der Waals surface area contributed by atoms with Gasteiger partial charge in [0.05, 0.1) is 7.11 Å². The number of hydrogen-bond donors (Lipinski definition) is 0. The molecule has 0 spiro atoms. The molecule has 1 aliphatic heterocycles. The van der Waals surface area contributed by atoms with Crippen LogP contribution in [0, 0.1) is 0 Å². The van der Waals surface area contributed by atoms with Crippen LogP contribution in [0.1, 0.15) is 12.8 Å². The average Bonchev–Trinajstić information content (AvgIpc) is 2.98. The Morgan fingerprint density at radius 3 is 2.94 bits per heavy atom. The zero-order valence-corrected chi connectivity index (χ0v) is 11.0. The lowest BCUT2D eigenvalue weighted by atomic mass is 10.2. The number of aromatic nitrogens is 3. The van der Waals surface area contributed by atoms with Gasteiger partial charge in [0, 0.05) is 25.4 Å². The van der Waals surface area contributed by atoms with Crippen LogP contribution >= 0.6 is 11.8 Å². The number of aryl methyl sites for hydroxylation is 1. The standard InChI is InChI=1S/C10H14N4O3S/c1-13-6-11-12-9(13)18-10(16)14-5-3-4-7(14)8(15)17-2/h6-7H,3-5H2,1-2H3. The van der Waals surface area contributed by atoms with Crippen LogP contribution < -0.4 is 0 Å². The fourth-order valence-electron chi connectivity index (χ4n) is 1.87. The summed E-state index contributed by atoms with van der Waals surface area (Å²) < 4.78 is 6.36. The Bertz CT molecular complexity index is 462. The Morgan fingerprint density at radius 2 is 2.33 bits per heavy atom. The molecule has 1 atom stereocenters. The first-order valence-electron chi connectivity index (χ1n) is 5.53. The van der Waals surface area contributed by atoms with Gasteiger partial charge in [-0.25, -0.2) is 4.79 Å². The van der Waals surface area contributed by atoms with Crippen molar-refractivity contribution in [1.82, 2.24) is 19.7 Å². The summed E-state index contributed by atoms with van der Waals surface area (Å²) in [5.41, 5.74) is 0. The Balaban J connectivity index is 2.04. The molecule has 1 aliphatic rings. The summed E-state index contributed by atoms with van der Waals surface area (Å²) in [5.74, 6) is -0.362. The van der Waals surface area contributed by atoms with Crippen LogP contribution in [0.2, 0.25) is 0 Å². The number of carbonyl (C=O) groups excluding carboxylic acids is 2. The maximum atomic E-state index is 12.1. The van der Waals surface area contributed by atoms with Gasteiger partial charge < -0.3 is 14.2 Å². The van der Waals surface area contributed by atoms with E-state index in [2.05, 4.69) is 10.2 Å². The van der Waals surface area contributed by atoms with Gasteiger partial charge in [0.25, 0.3) is 5.24 Å². The van der Waals surface area contributed by atoms with Crippen molar-refractivity contribution in [2.45, 2.75) is 24.0 Å². The van der Waals surface area contributed by atoms with Gasteiger partial charge in [0.2, 0.25) is 0 Å². The number of likely N-dealkylation sites (tertiary alicyclic amines) is 1. The summed E-state index contributed by atoms with van der Waals surface area (Å²) in [6.07, 6.45) is 2.99. The summed E-state index contributed by atoms with van der Waals surface area (Å²) in [4.78, 5) is 25.2. The van der Waals surface area contributed by atoms with Crippen molar-refractivity contribution in [1.29, 1.82) is 0 Å².